The molecule has 2 heterocycles. The van der Waals surface area contributed by atoms with Gasteiger partial charge in [0, 0.05) is 20.2 Å². The predicted octanol–water partition coefficient (Wildman–Crippen LogP) is 2.94. The van der Waals surface area contributed by atoms with Crippen LogP contribution in [0, 0.1) is 6.90 Å². The first kappa shape index (κ1) is 8.93. The largest absolute Gasteiger partial charge is 0.312 e. The summed E-state index contributed by atoms with van der Waals surface area (Å²) in [5.41, 5.74) is 3.85. The molecule has 3 rings (SSSR count). The van der Waals surface area contributed by atoms with Crippen LogP contribution in [0.2, 0.25) is 0 Å². The van der Waals surface area contributed by atoms with Gasteiger partial charge in [0.1, 0.15) is 11.3 Å². The number of nitrogens with zero attached hydrogens (tertiary/aromatic N) is 3. The fourth-order valence-electron chi connectivity index (χ4n) is 1.94. The maximum Gasteiger partial charge on any atom is 0.159 e. The normalized spacial score (nSPS) is 11.7. The molecule has 0 N–H and O–H groups in total. The van der Waals surface area contributed by atoms with Crippen LogP contribution in [0.25, 0.3) is 22.6 Å². The molecular weight excluding hydrogens is 210 g/mol. The SMILES string of the molecule is [2H]Cc1ccc(-c2nc3cccnc3n2C)cc1. The highest BCUT2D eigenvalue weighted by molar-refractivity contribution is 5.76. The van der Waals surface area contributed by atoms with Gasteiger partial charge >= 0.3 is 0 Å². The van der Waals surface area contributed by atoms with Crippen LogP contribution in [0.4, 0.5) is 0 Å². The first-order valence-electron chi connectivity index (χ1n) is 6.16. The molecule has 0 aliphatic rings. The van der Waals surface area contributed by atoms with Crippen LogP contribution in [-0.2, 0) is 7.05 Å². The van der Waals surface area contributed by atoms with E-state index in [1.54, 1.807) is 6.20 Å². The third kappa shape index (κ3) is 1.60. The van der Waals surface area contributed by atoms with Crippen molar-refractivity contribution in [2.45, 2.75) is 6.90 Å². The quantitative estimate of drug-likeness (QED) is 0.636. The molecule has 0 aliphatic carbocycles. The molecule has 3 nitrogen and oxygen atoms in total. The van der Waals surface area contributed by atoms with Crippen molar-refractivity contribution in [2.75, 3.05) is 0 Å². The van der Waals surface area contributed by atoms with Gasteiger partial charge in [-0.2, -0.15) is 0 Å². The maximum absolute atomic E-state index is 7.32. The summed E-state index contributed by atoms with van der Waals surface area (Å²) in [6, 6.07) is 11.8. The second-order valence-electron chi connectivity index (χ2n) is 4.04. The summed E-state index contributed by atoms with van der Waals surface area (Å²) in [6.45, 7) is 0.310. The number of rotatable bonds is 1. The molecule has 0 atom stereocenters. The number of hydrogen-bond donors (Lipinski definition) is 0. The Bertz CT molecular complexity index is 686. The molecule has 0 saturated heterocycles. The average Bonchev–Trinajstić information content (AvgIpc) is 2.77. The number of pyridine rings is 1. The van der Waals surface area contributed by atoms with Gasteiger partial charge in [-0.25, -0.2) is 9.97 Å². The molecule has 1 aromatic carbocycles. The molecule has 84 valence electrons. The predicted molar refractivity (Wildman–Crippen MR) is 68.7 cm³/mol. The summed E-state index contributed by atoms with van der Waals surface area (Å²) in [6.07, 6.45) is 1.77. The van der Waals surface area contributed by atoms with E-state index >= 15 is 0 Å². The molecule has 0 spiro atoms. The van der Waals surface area contributed by atoms with Crippen molar-refractivity contribution in [2.24, 2.45) is 7.05 Å². The van der Waals surface area contributed by atoms with E-state index in [1.165, 1.54) is 0 Å². The molecule has 0 aliphatic heterocycles. The van der Waals surface area contributed by atoms with Crippen LogP contribution in [0.5, 0.6) is 0 Å². The standard InChI is InChI=1S/C14H13N3/c1-10-5-7-11(8-6-10)13-16-12-4-3-9-15-14(12)17(13)2/h3-9H,1-2H3/i1D. The minimum absolute atomic E-state index is 0.310. The Hall–Kier alpha value is -2.16. The van der Waals surface area contributed by atoms with Crippen LogP contribution in [0.3, 0.4) is 0 Å². The van der Waals surface area contributed by atoms with Crippen molar-refractivity contribution in [3.63, 3.8) is 0 Å². The first-order valence-corrected chi connectivity index (χ1v) is 5.45. The molecule has 2 aromatic heterocycles. The average molecular weight is 224 g/mol. The number of benzene rings is 1. The van der Waals surface area contributed by atoms with E-state index in [2.05, 4.69) is 9.97 Å². The van der Waals surface area contributed by atoms with Gasteiger partial charge in [-0.3, -0.25) is 0 Å². The van der Waals surface area contributed by atoms with Crippen molar-refractivity contribution < 1.29 is 1.37 Å². The third-order valence-corrected chi connectivity index (χ3v) is 2.84. The molecule has 3 heteroatoms. The van der Waals surface area contributed by atoms with Crippen molar-refractivity contribution in [1.29, 1.82) is 0 Å². The highest BCUT2D eigenvalue weighted by Gasteiger charge is 2.09. The van der Waals surface area contributed by atoms with Crippen molar-refractivity contribution in [3.8, 4) is 11.4 Å². The summed E-state index contributed by atoms with van der Waals surface area (Å²) in [7, 11) is 1.97. The summed E-state index contributed by atoms with van der Waals surface area (Å²) in [4.78, 5) is 8.92. The topological polar surface area (TPSA) is 30.7 Å². The van der Waals surface area contributed by atoms with Crippen LogP contribution in [-0.4, -0.2) is 14.5 Å². The number of fused-ring (bicyclic) bond motifs is 1. The Morgan fingerprint density at radius 2 is 2.00 bits per heavy atom. The van der Waals surface area contributed by atoms with Gasteiger partial charge in [0.15, 0.2) is 5.65 Å². The molecule has 0 fully saturated rings. The van der Waals surface area contributed by atoms with E-state index in [1.807, 2.05) is 48.0 Å². The summed E-state index contributed by atoms with van der Waals surface area (Å²) in [5, 5.41) is 0. The Morgan fingerprint density at radius 1 is 1.18 bits per heavy atom. The van der Waals surface area contributed by atoms with E-state index in [0.717, 1.165) is 28.1 Å². The molecule has 0 amide bonds. The molecule has 3 aromatic rings. The van der Waals surface area contributed by atoms with E-state index in [4.69, 9.17) is 1.37 Å². The molecule has 0 saturated carbocycles. The van der Waals surface area contributed by atoms with Gasteiger partial charge in [-0.05, 0) is 19.0 Å². The summed E-state index contributed by atoms with van der Waals surface area (Å²) < 4.78 is 9.31. The number of imidazole rings is 1. The highest BCUT2D eigenvalue weighted by atomic mass is 15.1. The second-order valence-corrected chi connectivity index (χ2v) is 4.04. The first-order chi connectivity index (χ1) is 8.79. The van der Waals surface area contributed by atoms with Crippen LogP contribution in [0.1, 0.15) is 6.93 Å². The third-order valence-electron chi connectivity index (χ3n) is 2.84. The van der Waals surface area contributed by atoms with Crippen molar-refractivity contribution in [3.05, 3.63) is 48.2 Å². The van der Waals surface area contributed by atoms with E-state index < -0.39 is 0 Å². The van der Waals surface area contributed by atoms with Crippen LogP contribution in [0.15, 0.2) is 42.6 Å². The van der Waals surface area contributed by atoms with Crippen molar-refractivity contribution in [1.82, 2.24) is 14.5 Å². The molecule has 0 unspecified atom stereocenters. The van der Waals surface area contributed by atoms with Gasteiger partial charge in [-0.15, -0.1) is 0 Å². The highest BCUT2D eigenvalue weighted by Crippen LogP contribution is 2.22. The lowest BCUT2D eigenvalue weighted by molar-refractivity contribution is 0.942. The van der Waals surface area contributed by atoms with Gasteiger partial charge in [0.2, 0.25) is 0 Å². The number of hydrogen-bond acceptors (Lipinski definition) is 2. The molecule has 17 heavy (non-hydrogen) atoms. The Labute approximate surface area is 101 Å². The van der Waals surface area contributed by atoms with Gasteiger partial charge in [0.05, 0.1) is 0 Å². The zero-order valence-corrected chi connectivity index (χ0v) is 9.59. The van der Waals surface area contributed by atoms with E-state index in [-0.39, 0.29) is 0 Å². The van der Waals surface area contributed by atoms with Gasteiger partial charge in [-0.1, -0.05) is 29.8 Å². The van der Waals surface area contributed by atoms with Crippen molar-refractivity contribution >= 4 is 11.2 Å². The molecule has 0 radical (unpaired) electrons. The Morgan fingerprint density at radius 3 is 2.71 bits per heavy atom. The Kier molecular flexibility index (Phi) is 1.94. The molecule has 0 bridgehead atoms. The zero-order valence-electron chi connectivity index (χ0n) is 10.6. The van der Waals surface area contributed by atoms with Crippen LogP contribution >= 0.6 is 0 Å². The monoisotopic (exact) mass is 224 g/mol. The summed E-state index contributed by atoms with van der Waals surface area (Å²) in [5.74, 6) is 0.903. The van der Waals surface area contributed by atoms with Gasteiger partial charge < -0.3 is 4.57 Å². The Balaban J connectivity index is 2.15. The lowest BCUT2D eigenvalue weighted by Gasteiger charge is -2.02. The second kappa shape index (κ2) is 3.70. The lowest BCUT2D eigenvalue weighted by Crippen LogP contribution is -1.93. The van der Waals surface area contributed by atoms with Gasteiger partial charge in [0.25, 0.3) is 0 Å². The minimum Gasteiger partial charge on any atom is -0.312 e. The van der Waals surface area contributed by atoms with Crippen LogP contribution < -0.4 is 0 Å². The number of aryl methyl sites for hydroxylation is 2. The fourth-order valence-corrected chi connectivity index (χ4v) is 1.94. The van der Waals surface area contributed by atoms with E-state index in [9.17, 15) is 0 Å². The van der Waals surface area contributed by atoms with E-state index in [0.29, 0.717) is 6.90 Å². The number of aromatic nitrogens is 3. The minimum atomic E-state index is 0.310. The maximum atomic E-state index is 7.32. The zero-order chi connectivity index (χ0) is 12.5. The fraction of sp³-hybridized carbons (Fsp3) is 0.143. The molecular formula is C14H13N3. The summed E-state index contributed by atoms with van der Waals surface area (Å²) >= 11 is 0. The lowest BCUT2D eigenvalue weighted by atomic mass is 10.1. The smallest absolute Gasteiger partial charge is 0.159 e.